The van der Waals surface area contributed by atoms with Crippen LogP contribution in [0.15, 0.2) is 34.7 Å². The zero-order valence-electron chi connectivity index (χ0n) is 16.4. The topological polar surface area (TPSA) is 105 Å². The summed E-state index contributed by atoms with van der Waals surface area (Å²) in [7, 11) is -3.83. The molecule has 7 nitrogen and oxygen atoms in total. The molecule has 3 N–H and O–H groups in total. The van der Waals surface area contributed by atoms with E-state index in [4.69, 9.17) is 4.74 Å². The molecule has 0 heterocycles. The van der Waals surface area contributed by atoms with Gasteiger partial charge in [0.2, 0.25) is 10.0 Å². The van der Waals surface area contributed by atoms with Gasteiger partial charge in [0.25, 0.3) is 0 Å². The van der Waals surface area contributed by atoms with Crippen molar-refractivity contribution in [3.8, 4) is 0 Å². The van der Waals surface area contributed by atoms with Crippen LogP contribution in [0.1, 0.15) is 55.8 Å². The third kappa shape index (κ3) is 6.92. The number of nitrogens with one attached hydrogen (secondary N) is 2. The Morgan fingerprint density at radius 1 is 1.25 bits per heavy atom. The maximum atomic E-state index is 12.8. The third-order valence-corrected chi connectivity index (χ3v) is 6.13. The lowest BCUT2D eigenvalue weighted by molar-refractivity contribution is 0.0696. The van der Waals surface area contributed by atoms with E-state index in [1.165, 1.54) is 30.2 Å². The van der Waals surface area contributed by atoms with Crippen molar-refractivity contribution in [2.24, 2.45) is 0 Å². The largest absolute Gasteiger partial charge is 0.478 e. The van der Waals surface area contributed by atoms with Crippen LogP contribution in [0, 0.1) is 0 Å². The molecular formula is C20H30N2O5S. The normalized spacial score (nSPS) is 14.5. The molecule has 1 aliphatic rings. The summed E-state index contributed by atoms with van der Waals surface area (Å²) in [6.45, 7) is 3.95. The van der Waals surface area contributed by atoms with Crippen LogP contribution < -0.4 is 10.0 Å². The maximum absolute atomic E-state index is 12.8. The van der Waals surface area contributed by atoms with Gasteiger partial charge in [-0.05, 0) is 63.6 Å². The first-order valence-corrected chi connectivity index (χ1v) is 11.3. The van der Waals surface area contributed by atoms with E-state index in [2.05, 4.69) is 16.1 Å². The smallest absolute Gasteiger partial charge is 0.335 e. The van der Waals surface area contributed by atoms with Crippen LogP contribution >= 0.6 is 0 Å². The van der Waals surface area contributed by atoms with Crippen LogP contribution in [-0.2, 0) is 14.8 Å². The van der Waals surface area contributed by atoms with Crippen LogP contribution in [0.25, 0.3) is 0 Å². The van der Waals surface area contributed by atoms with E-state index in [1.807, 2.05) is 6.92 Å². The van der Waals surface area contributed by atoms with Gasteiger partial charge >= 0.3 is 5.97 Å². The fourth-order valence-electron chi connectivity index (χ4n) is 3.12. The molecule has 0 radical (unpaired) electrons. The second-order valence-corrected chi connectivity index (χ2v) is 8.48. The van der Waals surface area contributed by atoms with Gasteiger partial charge in [0.1, 0.15) is 4.90 Å². The number of carbonyl (C=O) groups is 1. The first kappa shape index (κ1) is 22.4. The molecule has 2 rings (SSSR count). The number of benzene rings is 1. The van der Waals surface area contributed by atoms with Crippen LogP contribution in [0.5, 0.6) is 0 Å². The molecule has 0 bridgehead atoms. The minimum Gasteiger partial charge on any atom is -0.478 e. The van der Waals surface area contributed by atoms with Gasteiger partial charge in [-0.3, -0.25) is 0 Å². The molecule has 0 aromatic heterocycles. The third-order valence-electron chi connectivity index (χ3n) is 4.63. The minimum absolute atomic E-state index is 0.0403. The van der Waals surface area contributed by atoms with Gasteiger partial charge in [-0.15, -0.1) is 0 Å². The Labute approximate surface area is 167 Å². The average Bonchev–Trinajstić information content (AvgIpc) is 2.68. The number of sulfonamides is 1. The number of aromatic carboxylic acids is 1. The van der Waals surface area contributed by atoms with Crippen molar-refractivity contribution in [3.63, 3.8) is 0 Å². The number of rotatable bonds is 12. The molecule has 0 amide bonds. The molecule has 0 unspecified atom stereocenters. The Bertz CT molecular complexity index is 790. The van der Waals surface area contributed by atoms with Crippen LogP contribution in [0.2, 0.25) is 0 Å². The molecule has 0 saturated heterocycles. The first-order chi connectivity index (χ1) is 13.4. The monoisotopic (exact) mass is 410 g/mol. The Balaban J connectivity index is 2.08. The predicted octanol–water partition coefficient (Wildman–Crippen LogP) is 3.39. The van der Waals surface area contributed by atoms with Gasteiger partial charge < -0.3 is 15.2 Å². The highest BCUT2D eigenvalue weighted by Gasteiger charge is 2.20. The highest BCUT2D eigenvalue weighted by Crippen LogP contribution is 2.24. The highest BCUT2D eigenvalue weighted by molar-refractivity contribution is 7.89. The van der Waals surface area contributed by atoms with Gasteiger partial charge in [0.05, 0.1) is 11.3 Å². The van der Waals surface area contributed by atoms with Crippen molar-refractivity contribution in [1.29, 1.82) is 0 Å². The number of carboxylic acid groups (broad SMARTS) is 1. The molecule has 0 atom stereocenters. The SMILES string of the molecule is CCOCCCNc1ccc(C(=O)O)cc1S(=O)(=O)NCCC1=CCCCC1. The van der Waals surface area contributed by atoms with Crippen molar-refractivity contribution in [2.45, 2.75) is 50.3 Å². The highest BCUT2D eigenvalue weighted by atomic mass is 32.2. The molecule has 8 heteroatoms. The molecule has 1 aromatic rings. The number of hydrogen-bond donors (Lipinski definition) is 3. The van der Waals surface area contributed by atoms with Crippen molar-refractivity contribution >= 4 is 21.7 Å². The molecule has 0 spiro atoms. The summed E-state index contributed by atoms with van der Waals surface area (Å²) in [5.74, 6) is -1.16. The first-order valence-electron chi connectivity index (χ1n) is 9.80. The van der Waals surface area contributed by atoms with E-state index >= 15 is 0 Å². The molecule has 28 heavy (non-hydrogen) atoms. The van der Waals surface area contributed by atoms with Gasteiger partial charge in [0, 0.05) is 26.3 Å². The number of ether oxygens (including phenoxy) is 1. The molecule has 1 aliphatic carbocycles. The molecule has 0 fully saturated rings. The molecule has 156 valence electrons. The fourth-order valence-corrected chi connectivity index (χ4v) is 4.36. The van der Waals surface area contributed by atoms with Crippen molar-refractivity contribution in [1.82, 2.24) is 4.72 Å². The minimum atomic E-state index is -3.83. The summed E-state index contributed by atoms with van der Waals surface area (Å²) >= 11 is 0. The lowest BCUT2D eigenvalue weighted by Gasteiger charge is -2.16. The van der Waals surface area contributed by atoms with Crippen molar-refractivity contribution in [3.05, 3.63) is 35.4 Å². The molecule has 0 aliphatic heterocycles. The lowest BCUT2D eigenvalue weighted by atomic mass is 9.97. The Kier molecular flexibility index (Phi) is 8.95. The van der Waals surface area contributed by atoms with Crippen LogP contribution in [0.4, 0.5) is 5.69 Å². The van der Waals surface area contributed by atoms with Gasteiger partial charge in [-0.25, -0.2) is 17.9 Å². The van der Waals surface area contributed by atoms with E-state index in [0.717, 1.165) is 25.7 Å². The second-order valence-electron chi connectivity index (χ2n) is 6.75. The standard InChI is InChI=1S/C20H30N2O5S/c1-2-27-14-6-12-21-18-10-9-17(20(23)24)15-19(18)28(25,26)22-13-11-16-7-4-3-5-8-16/h7,9-10,15,21-22H,2-6,8,11-14H2,1H3,(H,23,24). The average molecular weight is 411 g/mol. The van der Waals surface area contributed by atoms with Crippen LogP contribution in [0.3, 0.4) is 0 Å². The summed E-state index contributed by atoms with van der Waals surface area (Å²) in [5.41, 5.74) is 1.61. The number of anilines is 1. The summed E-state index contributed by atoms with van der Waals surface area (Å²) in [6.07, 6.45) is 7.99. The van der Waals surface area contributed by atoms with Crippen LogP contribution in [-0.4, -0.2) is 45.8 Å². The Morgan fingerprint density at radius 3 is 2.75 bits per heavy atom. The number of carboxylic acids is 1. The van der Waals surface area contributed by atoms with E-state index in [9.17, 15) is 18.3 Å². The second kappa shape index (κ2) is 11.2. The van der Waals surface area contributed by atoms with Gasteiger partial charge in [-0.2, -0.15) is 0 Å². The van der Waals surface area contributed by atoms with Gasteiger partial charge in [0.15, 0.2) is 0 Å². The quantitative estimate of drug-likeness (QED) is 0.360. The number of allylic oxidation sites excluding steroid dienone is 1. The van der Waals surface area contributed by atoms with E-state index in [1.54, 1.807) is 0 Å². The summed E-state index contributed by atoms with van der Waals surface area (Å²) in [4.78, 5) is 11.2. The van der Waals surface area contributed by atoms with Gasteiger partial charge in [-0.1, -0.05) is 11.6 Å². The lowest BCUT2D eigenvalue weighted by Crippen LogP contribution is -2.26. The van der Waals surface area contributed by atoms with E-state index in [-0.39, 0.29) is 10.5 Å². The Morgan fingerprint density at radius 2 is 2.07 bits per heavy atom. The van der Waals surface area contributed by atoms with Crippen molar-refractivity contribution < 1.29 is 23.1 Å². The predicted molar refractivity (Wildman–Crippen MR) is 109 cm³/mol. The van der Waals surface area contributed by atoms with E-state index in [0.29, 0.717) is 38.4 Å². The summed E-state index contributed by atoms with van der Waals surface area (Å²) in [5, 5.41) is 12.3. The summed E-state index contributed by atoms with van der Waals surface area (Å²) in [6, 6.07) is 4.11. The maximum Gasteiger partial charge on any atom is 0.335 e. The fraction of sp³-hybridized carbons (Fsp3) is 0.550. The zero-order valence-corrected chi connectivity index (χ0v) is 17.2. The zero-order chi connectivity index (χ0) is 20.4. The Hall–Kier alpha value is -1.90. The molecule has 0 saturated carbocycles. The summed E-state index contributed by atoms with van der Waals surface area (Å²) < 4.78 is 33.5. The number of hydrogen-bond acceptors (Lipinski definition) is 5. The van der Waals surface area contributed by atoms with Crippen molar-refractivity contribution in [2.75, 3.05) is 31.6 Å². The van der Waals surface area contributed by atoms with E-state index < -0.39 is 16.0 Å². The molecular weight excluding hydrogens is 380 g/mol. The molecule has 1 aromatic carbocycles.